The Morgan fingerprint density at radius 1 is 1.28 bits per heavy atom. The molecule has 1 amide bonds. The summed E-state index contributed by atoms with van der Waals surface area (Å²) in [6.07, 6.45) is -0.470. The van der Waals surface area contributed by atoms with Gasteiger partial charge in [-0.15, -0.1) is 0 Å². The molecule has 4 heteroatoms. The maximum Gasteiger partial charge on any atom is 0.407 e. The minimum atomic E-state index is -0.939. The number of aliphatic hydroxyl groups excluding tert-OH is 1. The molecule has 1 atom stereocenters. The van der Waals surface area contributed by atoms with Crippen LogP contribution in [0.2, 0.25) is 0 Å². The van der Waals surface area contributed by atoms with E-state index in [-0.39, 0.29) is 18.6 Å². The molecule has 100 valence electrons. The summed E-state index contributed by atoms with van der Waals surface area (Å²) in [6.45, 7) is 4.31. The monoisotopic (exact) mass is 251 g/mol. The SMILES string of the molecule is CC(C)[C@@H](CCO)N(Cc1ccccc1)C(=O)O. The zero-order chi connectivity index (χ0) is 13.5. The quantitative estimate of drug-likeness (QED) is 0.817. The van der Waals surface area contributed by atoms with Gasteiger partial charge in [-0.25, -0.2) is 4.79 Å². The second kappa shape index (κ2) is 7.01. The molecule has 0 radical (unpaired) electrons. The normalized spacial score (nSPS) is 12.4. The van der Waals surface area contributed by atoms with Crippen LogP contribution in [0.25, 0.3) is 0 Å². The van der Waals surface area contributed by atoms with Gasteiger partial charge in [-0.3, -0.25) is 0 Å². The van der Waals surface area contributed by atoms with E-state index in [1.807, 2.05) is 44.2 Å². The Morgan fingerprint density at radius 3 is 2.33 bits per heavy atom. The number of benzene rings is 1. The maximum absolute atomic E-state index is 11.4. The Labute approximate surface area is 108 Å². The van der Waals surface area contributed by atoms with E-state index in [2.05, 4.69) is 0 Å². The van der Waals surface area contributed by atoms with E-state index < -0.39 is 6.09 Å². The van der Waals surface area contributed by atoms with E-state index in [0.717, 1.165) is 5.56 Å². The lowest BCUT2D eigenvalue weighted by Crippen LogP contribution is -2.42. The minimum Gasteiger partial charge on any atom is -0.465 e. The minimum absolute atomic E-state index is 0.00141. The van der Waals surface area contributed by atoms with Crippen LogP contribution in [-0.4, -0.2) is 33.9 Å². The molecule has 1 aromatic carbocycles. The first-order chi connectivity index (χ1) is 8.56. The Morgan fingerprint density at radius 2 is 1.89 bits per heavy atom. The number of carboxylic acid groups (broad SMARTS) is 1. The standard InChI is InChI=1S/C14H21NO3/c1-11(2)13(8-9-16)15(14(17)18)10-12-6-4-3-5-7-12/h3-7,11,13,16H,8-10H2,1-2H3,(H,17,18)/t13-/m1/s1. The van der Waals surface area contributed by atoms with E-state index in [4.69, 9.17) is 5.11 Å². The second-order valence-electron chi connectivity index (χ2n) is 4.72. The van der Waals surface area contributed by atoms with E-state index in [1.165, 1.54) is 4.90 Å². The van der Waals surface area contributed by atoms with E-state index in [9.17, 15) is 9.90 Å². The molecule has 2 N–H and O–H groups in total. The van der Waals surface area contributed by atoms with Gasteiger partial charge in [0.2, 0.25) is 0 Å². The van der Waals surface area contributed by atoms with E-state index >= 15 is 0 Å². The average molecular weight is 251 g/mol. The van der Waals surface area contributed by atoms with Crippen molar-refractivity contribution in [2.24, 2.45) is 5.92 Å². The third-order valence-electron chi connectivity index (χ3n) is 3.04. The van der Waals surface area contributed by atoms with E-state index in [1.54, 1.807) is 0 Å². The Hall–Kier alpha value is -1.55. The van der Waals surface area contributed by atoms with Gasteiger partial charge in [0.05, 0.1) is 0 Å². The fourth-order valence-corrected chi connectivity index (χ4v) is 2.09. The molecular formula is C14H21NO3. The van der Waals surface area contributed by atoms with Crippen LogP contribution in [0, 0.1) is 5.92 Å². The summed E-state index contributed by atoms with van der Waals surface area (Å²) in [5, 5.41) is 18.4. The summed E-state index contributed by atoms with van der Waals surface area (Å²) in [6, 6.07) is 9.35. The van der Waals surface area contributed by atoms with Gasteiger partial charge in [0.25, 0.3) is 0 Å². The van der Waals surface area contributed by atoms with Crippen molar-refractivity contribution in [1.82, 2.24) is 4.90 Å². The fourth-order valence-electron chi connectivity index (χ4n) is 2.09. The van der Waals surface area contributed by atoms with Crippen LogP contribution < -0.4 is 0 Å². The predicted octanol–water partition coefficient (Wildman–Crippen LogP) is 2.57. The fraction of sp³-hybridized carbons (Fsp3) is 0.500. The molecule has 4 nitrogen and oxygen atoms in total. The van der Waals surface area contributed by atoms with Gasteiger partial charge < -0.3 is 15.1 Å². The van der Waals surface area contributed by atoms with Crippen molar-refractivity contribution < 1.29 is 15.0 Å². The summed E-state index contributed by atoms with van der Waals surface area (Å²) < 4.78 is 0. The van der Waals surface area contributed by atoms with Crippen LogP contribution in [0.1, 0.15) is 25.8 Å². The molecule has 0 saturated carbocycles. The molecule has 0 heterocycles. The highest BCUT2D eigenvalue weighted by Crippen LogP contribution is 2.18. The van der Waals surface area contributed by atoms with Gasteiger partial charge in [0, 0.05) is 19.2 Å². The van der Waals surface area contributed by atoms with Crippen molar-refractivity contribution in [3.63, 3.8) is 0 Å². The molecular weight excluding hydrogens is 230 g/mol. The molecule has 0 saturated heterocycles. The molecule has 1 aromatic rings. The Bertz CT molecular complexity index is 365. The van der Waals surface area contributed by atoms with Gasteiger partial charge in [-0.2, -0.15) is 0 Å². The van der Waals surface area contributed by atoms with E-state index in [0.29, 0.717) is 13.0 Å². The second-order valence-corrected chi connectivity index (χ2v) is 4.72. The Balaban J connectivity index is 2.84. The lowest BCUT2D eigenvalue weighted by atomic mass is 9.99. The van der Waals surface area contributed by atoms with Crippen molar-refractivity contribution >= 4 is 6.09 Å². The predicted molar refractivity (Wildman–Crippen MR) is 70.3 cm³/mol. The van der Waals surface area contributed by atoms with Crippen LogP contribution in [-0.2, 0) is 6.54 Å². The highest BCUT2D eigenvalue weighted by molar-refractivity contribution is 5.65. The molecule has 0 aliphatic carbocycles. The first-order valence-electron chi connectivity index (χ1n) is 6.20. The van der Waals surface area contributed by atoms with Crippen LogP contribution >= 0.6 is 0 Å². The highest BCUT2D eigenvalue weighted by Gasteiger charge is 2.25. The van der Waals surface area contributed by atoms with Gasteiger partial charge in [-0.1, -0.05) is 44.2 Å². The summed E-state index contributed by atoms with van der Waals surface area (Å²) >= 11 is 0. The lowest BCUT2D eigenvalue weighted by Gasteiger charge is -2.32. The molecule has 0 aromatic heterocycles. The number of nitrogens with zero attached hydrogens (tertiary/aromatic N) is 1. The summed E-state index contributed by atoms with van der Waals surface area (Å²) in [5.41, 5.74) is 0.962. The van der Waals surface area contributed by atoms with Crippen molar-refractivity contribution in [2.75, 3.05) is 6.61 Å². The van der Waals surface area contributed by atoms with Crippen LogP contribution in [0.4, 0.5) is 4.79 Å². The molecule has 0 spiro atoms. The Kier molecular flexibility index (Phi) is 5.65. The van der Waals surface area contributed by atoms with Gasteiger partial charge >= 0.3 is 6.09 Å². The molecule has 0 unspecified atom stereocenters. The topological polar surface area (TPSA) is 60.8 Å². The molecule has 18 heavy (non-hydrogen) atoms. The zero-order valence-corrected chi connectivity index (χ0v) is 10.9. The number of rotatable bonds is 6. The third kappa shape index (κ3) is 4.04. The number of amides is 1. The molecule has 0 aliphatic heterocycles. The molecule has 0 bridgehead atoms. The summed E-state index contributed by atoms with van der Waals surface area (Å²) in [5.74, 6) is 0.178. The van der Waals surface area contributed by atoms with Gasteiger partial charge in [0.15, 0.2) is 0 Å². The van der Waals surface area contributed by atoms with Crippen molar-refractivity contribution in [1.29, 1.82) is 0 Å². The number of hydrogen-bond donors (Lipinski definition) is 2. The molecule has 0 aliphatic rings. The van der Waals surface area contributed by atoms with Crippen LogP contribution in [0.15, 0.2) is 30.3 Å². The lowest BCUT2D eigenvalue weighted by molar-refractivity contribution is 0.0922. The smallest absolute Gasteiger partial charge is 0.407 e. The zero-order valence-electron chi connectivity index (χ0n) is 10.9. The number of hydrogen-bond acceptors (Lipinski definition) is 2. The summed E-state index contributed by atoms with van der Waals surface area (Å²) in [7, 11) is 0. The molecule has 0 fully saturated rings. The van der Waals surface area contributed by atoms with Gasteiger partial charge in [0.1, 0.15) is 0 Å². The van der Waals surface area contributed by atoms with Crippen LogP contribution in [0.5, 0.6) is 0 Å². The van der Waals surface area contributed by atoms with Gasteiger partial charge in [-0.05, 0) is 17.9 Å². The first-order valence-corrected chi connectivity index (χ1v) is 6.20. The largest absolute Gasteiger partial charge is 0.465 e. The third-order valence-corrected chi connectivity index (χ3v) is 3.04. The first kappa shape index (κ1) is 14.5. The number of aliphatic hydroxyl groups is 1. The van der Waals surface area contributed by atoms with Crippen molar-refractivity contribution in [3.05, 3.63) is 35.9 Å². The highest BCUT2D eigenvalue weighted by atomic mass is 16.4. The maximum atomic E-state index is 11.4. The average Bonchev–Trinajstić information content (AvgIpc) is 2.34. The number of carbonyl (C=O) groups is 1. The van der Waals surface area contributed by atoms with Crippen LogP contribution in [0.3, 0.4) is 0 Å². The molecule has 1 rings (SSSR count). The van der Waals surface area contributed by atoms with Crippen molar-refractivity contribution in [3.8, 4) is 0 Å². The summed E-state index contributed by atoms with van der Waals surface area (Å²) in [4.78, 5) is 12.8. The van der Waals surface area contributed by atoms with Crippen molar-refractivity contribution in [2.45, 2.75) is 32.9 Å².